The van der Waals surface area contributed by atoms with Crippen LogP contribution in [0.4, 0.5) is 0 Å². The largest absolute Gasteiger partial charge is 0.479 e. The lowest BCUT2D eigenvalue weighted by atomic mass is 10.1. The van der Waals surface area contributed by atoms with Gasteiger partial charge in [0.2, 0.25) is 5.88 Å². The first-order valence-corrected chi connectivity index (χ1v) is 8.09. The minimum absolute atomic E-state index is 0.0634. The molecule has 1 amide bonds. The van der Waals surface area contributed by atoms with Gasteiger partial charge in [-0.05, 0) is 30.9 Å². The van der Waals surface area contributed by atoms with Crippen LogP contribution in [-0.2, 0) is 4.74 Å². The highest BCUT2D eigenvalue weighted by molar-refractivity contribution is 5.94. The van der Waals surface area contributed by atoms with E-state index in [1.54, 1.807) is 31.6 Å². The zero-order chi connectivity index (χ0) is 16.8. The summed E-state index contributed by atoms with van der Waals surface area (Å²) in [4.78, 5) is 20.6. The third-order valence-corrected chi connectivity index (χ3v) is 4.14. The molecule has 1 aromatic heterocycles. The van der Waals surface area contributed by atoms with E-state index in [9.17, 15) is 4.79 Å². The number of hydrogen-bond donors (Lipinski definition) is 1. The second-order valence-corrected chi connectivity index (χ2v) is 5.77. The van der Waals surface area contributed by atoms with Crippen molar-refractivity contribution in [1.82, 2.24) is 15.3 Å². The highest BCUT2D eigenvalue weighted by Gasteiger charge is 2.16. The van der Waals surface area contributed by atoms with Crippen LogP contribution in [0.15, 0.2) is 36.7 Å². The Balaban J connectivity index is 1.60. The molecule has 0 bridgehead atoms. The number of methoxy groups -OCH3 is 1. The van der Waals surface area contributed by atoms with E-state index in [0.717, 1.165) is 31.6 Å². The van der Waals surface area contributed by atoms with Gasteiger partial charge in [0.05, 0.1) is 7.11 Å². The van der Waals surface area contributed by atoms with Crippen LogP contribution in [0, 0.1) is 5.92 Å². The fourth-order valence-electron chi connectivity index (χ4n) is 2.76. The average molecular weight is 327 g/mol. The molecule has 1 aliphatic heterocycles. The van der Waals surface area contributed by atoms with Gasteiger partial charge >= 0.3 is 0 Å². The number of carbonyl (C=O) groups excluding carboxylic acids is 1. The number of amides is 1. The molecular weight excluding hydrogens is 306 g/mol. The first-order valence-electron chi connectivity index (χ1n) is 8.09. The van der Waals surface area contributed by atoms with Crippen molar-refractivity contribution >= 4 is 5.91 Å². The fraction of sp³-hybridized carbons (Fsp3) is 0.389. The predicted molar refractivity (Wildman–Crippen MR) is 89.9 cm³/mol. The smallest absolute Gasteiger partial charge is 0.251 e. The van der Waals surface area contributed by atoms with Crippen molar-refractivity contribution in [1.29, 1.82) is 0 Å². The van der Waals surface area contributed by atoms with Crippen molar-refractivity contribution in [2.75, 3.05) is 26.9 Å². The SMILES string of the molecule is COc1nccnc1-c1ccc(C(=O)NCCC2CCOC2)cc1. The molecule has 1 N–H and O–H groups in total. The number of nitrogens with zero attached hydrogens (tertiary/aromatic N) is 2. The lowest BCUT2D eigenvalue weighted by molar-refractivity contribution is 0.0950. The molecule has 6 heteroatoms. The van der Waals surface area contributed by atoms with Crippen molar-refractivity contribution in [2.24, 2.45) is 5.92 Å². The van der Waals surface area contributed by atoms with Crippen molar-refractivity contribution in [3.63, 3.8) is 0 Å². The highest BCUT2D eigenvalue weighted by atomic mass is 16.5. The third-order valence-electron chi connectivity index (χ3n) is 4.14. The minimum atomic E-state index is -0.0634. The van der Waals surface area contributed by atoms with Crippen molar-refractivity contribution in [3.8, 4) is 17.1 Å². The molecule has 1 atom stereocenters. The van der Waals surface area contributed by atoms with Gasteiger partial charge in [-0.2, -0.15) is 0 Å². The molecule has 0 spiro atoms. The van der Waals surface area contributed by atoms with Gasteiger partial charge in [-0.1, -0.05) is 12.1 Å². The summed E-state index contributed by atoms with van der Waals surface area (Å²) in [6.07, 6.45) is 5.25. The lowest BCUT2D eigenvalue weighted by Crippen LogP contribution is -2.26. The molecule has 24 heavy (non-hydrogen) atoms. The van der Waals surface area contributed by atoms with Gasteiger partial charge in [0.25, 0.3) is 5.91 Å². The normalized spacial score (nSPS) is 16.8. The van der Waals surface area contributed by atoms with E-state index in [0.29, 0.717) is 29.6 Å². The van der Waals surface area contributed by atoms with Crippen molar-refractivity contribution in [2.45, 2.75) is 12.8 Å². The fourth-order valence-corrected chi connectivity index (χ4v) is 2.76. The summed E-state index contributed by atoms with van der Waals surface area (Å²) < 4.78 is 10.6. The summed E-state index contributed by atoms with van der Waals surface area (Å²) in [5.41, 5.74) is 2.15. The van der Waals surface area contributed by atoms with Gasteiger partial charge in [0.15, 0.2) is 0 Å². The molecule has 1 aromatic carbocycles. The molecule has 1 fully saturated rings. The van der Waals surface area contributed by atoms with Gasteiger partial charge < -0.3 is 14.8 Å². The standard InChI is InChI=1S/C18H21N3O3/c1-23-18-16(19-9-10-21-18)14-2-4-15(5-3-14)17(22)20-8-6-13-7-11-24-12-13/h2-5,9-10,13H,6-8,11-12H2,1H3,(H,20,22). The van der Waals surface area contributed by atoms with Crippen LogP contribution in [0.2, 0.25) is 0 Å². The molecule has 1 aliphatic rings. The zero-order valence-electron chi connectivity index (χ0n) is 13.7. The van der Waals surface area contributed by atoms with E-state index in [1.165, 1.54) is 0 Å². The van der Waals surface area contributed by atoms with E-state index in [4.69, 9.17) is 9.47 Å². The Labute approximate surface area is 141 Å². The molecule has 0 saturated carbocycles. The Morgan fingerprint density at radius 2 is 2.08 bits per heavy atom. The number of nitrogens with one attached hydrogen (secondary N) is 1. The quantitative estimate of drug-likeness (QED) is 0.881. The monoisotopic (exact) mass is 327 g/mol. The van der Waals surface area contributed by atoms with Gasteiger partial charge in [0, 0.05) is 43.3 Å². The number of hydrogen-bond acceptors (Lipinski definition) is 5. The van der Waals surface area contributed by atoms with Crippen LogP contribution in [0.25, 0.3) is 11.3 Å². The second kappa shape index (κ2) is 7.88. The first kappa shape index (κ1) is 16.4. The Morgan fingerprint density at radius 3 is 2.79 bits per heavy atom. The van der Waals surface area contributed by atoms with E-state index in [-0.39, 0.29) is 5.91 Å². The summed E-state index contributed by atoms with van der Waals surface area (Å²) in [6.45, 7) is 2.32. The number of rotatable bonds is 6. The van der Waals surface area contributed by atoms with Crippen LogP contribution < -0.4 is 10.1 Å². The minimum Gasteiger partial charge on any atom is -0.479 e. The topological polar surface area (TPSA) is 73.3 Å². The van der Waals surface area contributed by atoms with E-state index < -0.39 is 0 Å². The molecule has 2 aromatic rings. The summed E-state index contributed by atoms with van der Waals surface area (Å²) >= 11 is 0. The highest BCUT2D eigenvalue weighted by Crippen LogP contribution is 2.25. The molecule has 1 unspecified atom stereocenters. The summed E-state index contributed by atoms with van der Waals surface area (Å²) in [5.74, 6) is 0.969. The number of aromatic nitrogens is 2. The van der Waals surface area contributed by atoms with Crippen molar-refractivity contribution < 1.29 is 14.3 Å². The Morgan fingerprint density at radius 1 is 1.29 bits per heavy atom. The van der Waals surface area contributed by atoms with Gasteiger partial charge in [-0.25, -0.2) is 9.97 Å². The molecule has 2 heterocycles. The van der Waals surface area contributed by atoms with Gasteiger partial charge in [-0.3, -0.25) is 4.79 Å². The maximum Gasteiger partial charge on any atom is 0.251 e. The summed E-state index contributed by atoms with van der Waals surface area (Å²) in [6, 6.07) is 7.29. The van der Waals surface area contributed by atoms with E-state index in [2.05, 4.69) is 15.3 Å². The Bertz CT molecular complexity index is 682. The Hall–Kier alpha value is -2.47. The second-order valence-electron chi connectivity index (χ2n) is 5.77. The maximum atomic E-state index is 12.2. The first-order chi connectivity index (χ1) is 11.8. The van der Waals surface area contributed by atoms with Gasteiger partial charge in [0.1, 0.15) is 5.69 Å². The number of ether oxygens (including phenoxy) is 2. The van der Waals surface area contributed by atoms with Gasteiger partial charge in [-0.15, -0.1) is 0 Å². The molecule has 3 rings (SSSR count). The van der Waals surface area contributed by atoms with Crippen molar-refractivity contribution in [3.05, 3.63) is 42.2 Å². The van der Waals surface area contributed by atoms with E-state index in [1.807, 2.05) is 12.1 Å². The Kier molecular flexibility index (Phi) is 5.38. The molecule has 0 aliphatic carbocycles. The molecule has 1 saturated heterocycles. The molecular formula is C18H21N3O3. The number of carbonyl (C=O) groups is 1. The van der Waals surface area contributed by atoms with Crippen LogP contribution in [0.1, 0.15) is 23.2 Å². The van der Waals surface area contributed by atoms with Crippen LogP contribution in [-0.4, -0.2) is 42.7 Å². The van der Waals surface area contributed by atoms with Crippen LogP contribution in [0.3, 0.4) is 0 Å². The van der Waals surface area contributed by atoms with Crippen LogP contribution >= 0.6 is 0 Å². The molecule has 6 nitrogen and oxygen atoms in total. The molecule has 126 valence electrons. The van der Waals surface area contributed by atoms with E-state index >= 15 is 0 Å². The van der Waals surface area contributed by atoms with Crippen LogP contribution in [0.5, 0.6) is 5.88 Å². The average Bonchev–Trinajstić information content (AvgIpc) is 3.15. The number of benzene rings is 1. The lowest BCUT2D eigenvalue weighted by Gasteiger charge is -2.09. The molecule has 0 radical (unpaired) electrons. The maximum absolute atomic E-state index is 12.2. The third kappa shape index (κ3) is 3.89. The summed E-state index contributed by atoms with van der Waals surface area (Å²) in [7, 11) is 1.56. The zero-order valence-corrected chi connectivity index (χ0v) is 13.7. The predicted octanol–water partition coefficient (Wildman–Crippen LogP) is 2.31. The summed E-state index contributed by atoms with van der Waals surface area (Å²) in [5, 5.41) is 2.96.